The second-order valence-electron chi connectivity index (χ2n) is 8.01. The van der Waals surface area contributed by atoms with Crippen LogP contribution in [0.2, 0.25) is 0 Å². The minimum atomic E-state index is 0.106. The van der Waals surface area contributed by atoms with Crippen LogP contribution in [0.4, 0.5) is 0 Å². The molecule has 1 saturated heterocycles. The third-order valence-electron chi connectivity index (χ3n) is 6.23. The number of fused-ring (bicyclic) bond motifs is 2. The van der Waals surface area contributed by atoms with Crippen molar-refractivity contribution in [3.8, 4) is 0 Å². The van der Waals surface area contributed by atoms with E-state index in [0.717, 1.165) is 91.3 Å². The second kappa shape index (κ2) is 6.75. The molecule has 4 heterocycles. The summed E-state index contributed by atoms with van der Waals surface area (Å²) in [6, 6.07) is 0. The lowest BCUT2D eigenvalue weighted by molar-refractivity contribution is 0.0730. The Bertz CT molecular complexity index is 883. The quantitative estimate of drug-likeness (QED) is 0.884. The van der Waals surface area contributed by atoms with Gasteiger partial charge in [0.15, 0.2) is 0 Å². The van der Waals surface area contributed by atoms with E-state index in [-0.39, 0.29) is 5.91 Å². The number of aryl methyl sites for hydroxylation is 2. The fourth-order valence-electron chi connectivity index (χ4n) is 4.72. The van der Waals surface area contributed by atoms with Gasteiger partial charge in [-0.15, -0.1) is 0 Å². The van der Waals surface area contributed by atoms with Gasteiger partial charge in [-0.2, -0.15) is 0 Å². The van der Waals surface area contributed by atoms with E-state index >= 15 is 0 Å². The molecule has 2 aromatic rings. The maximum Gasteiger partial charge on any atom is 0.257 e. The number of carbonyl (C=O) groups is 1. The molecule has 27 heavy (non-hydrogen) atoms. The average molecular weight is 366 g/mol. The van der Waals surface area contributed by atoms with E-state index in [1.165, 1.54) is 0 Å². The Kier molecular flexibility index (Phi) is 4.23. The maximum atomic E-state index is 13.3. The highest BCUT2D eigenvalue weighted by molar-refractivity contribution is 5.97. The van der Waals surface area contributed by atoms with Gasteiger partial charge in [0.1, 0.15) is 17.3 Å². The first-order valence-electron chi connectivity index (χ1n) is 10.2. The van der Waals surface area contributed by atoms with Crippen molar-refractivity contribution in [2.75, 3.05) is 19.6 Å². The fraction of sp³-hybridized carbons (Fsp3) is 0.571. The van der Waals surface area contributed by atoms with Crippen LogP contribution in [0.3, 0.4) is 0 Å². The molecule has 3 aliphatic rings. The highest BCUT2D eigenvalue weighted by Gasteiger charge is 2.31. The number of nitrogens with zero attached hydrogens (tertiary/aromatic N) is 3. The van der Waals surface area contributed by atoms with Crippen molar-refractivity contribution < 1.29 is 9.21 Å². The third kappa shape index (κ3) is 2.96. The number of rotatable bonds is 2. The van der Waals surface area contributed by atoms with Crippen LogP contribution in [-0.4, -0.2) is 40.4 Å². The standard InChI is InChI=1S/C21H26N4O2/c1-13-19(16-4-2-3-5-18(16)27-13)21(26)25-9-7-17-15(12-25)11-23-20(24-17)14-6-8-22-10-14/h11,14,22H,2-10,12H2,1H3/t14-/m1/s1. The predicted molar refractivity (Wildman–Crippen MR) is 101 cm³/mol. The molecule has 0 aromatic carbocycles. The molecule has 6 nitrogen and oxygen atoms in total. The number of aromatic nitrogens is 2. The topological polar surface area (TPSA) is 71.3 Å². The molecule has 1 amide bonds. The van der Waals surface area contributed by atoms with E-state index in [1.807, 2.05) is 18.0 Å². The molecule has 1 N–H and O–H groups in total. The van der Waals surface area contributed by atoms with Crippen LogP contribution in [0.1, 0.15) is 69.7 Å². The number of hydrogen-bond donors (Lipinski definition) is 1. The Morgan fingerprint density at radius 1 is 1.30 bits per heavy atom. The molecule has 1 aliphatic carbocycles. The summed E-state index contributed by atoms with van der Waals surface area (Å²) < 4.78 is 5.91. The van der Waals surface area contributed by atoms with E-state index in [9.17, 15) is 4.79 Å². The molecule has 0 saturated carbocycles. The van der Waals surface area contributed by atoms with Gasteiger partial charge >= 0.3 is 0 Å². The van der Waals surface area contributed by atoms with E-state index in [4.69, 9.17) is 9.40 Å². The molecule has 1 atom stereocenters. The first-order chi connectivity index (χ1) is 13.2. The first-order valence-corrected chi connectivity index (χ1v) is 10.2. The summed E-state index contributed by atoms with van der Waals surface area (Å²) in [6.07, 6.45) is 8.05. The van der Waals surface area contributed by atoms with Crippen molar-refractivity contribution in [2.24, 2.45) is 0 Å². The van der Waals surface area contributed by atoms with E-state index < -0.39 is 0 Å². The van der Waals surface area contributed by atoms with Gasteiger partial charge in [-0.25, -0.2) is 9.97 Å². The lowest BCUT2D eigenvalue weighted by Crippen LogP contribution is -2.37. The van der Waals surface area contributed by atoms with Crippen LogP contribution >= 0.6 is 0 Å². The largest absolute Gasteiger partial charge is 0.465 e. The van der Waals surface area contributed by atoms with Crippen molar-refractivity contribution in [2.45, 2.75) is 57.9 Å². The molecule has 0 unspecified atom stereocenters. The molecule has 2 aliphatic heterocycles. The Hall–Kier alpha value is -2.21. The number of nitrogens with one attached hydrogen (secondary N) is 1. The summed E-state index contributed by atoms with van der Waals surface area (Å²) >= 11 is 0. The van der Waals surface area contributed by atoms with Gasteiger partial charge in [-0.3, -0.25) is 4.79 Å². The van der Waals surface area contributed by atoms with Crippen molar-refractivity contribution in [3.63, 3.8) is 0 Å². The number of furan rings is 1. The molecule has 5 rings (SSSR count). The highest BCUT2D eigenvalue weighted by Crippen LogP contribution is 2.31. The van der Waals surface area contributed by atoms with Crippen molar-refractivity contribution in [1.82, 2.24) is 20.2 Å². The normalized spacial score (nSPS) is 21.8. The fourth-order valence-corrected chi connectivity index (χ4v) is 4.72. The van der Waals surface area contributed by atoms with Gasteiger partial charge in [0.2, 0.25) is 0 Å². The van der Waals surface area contributed by atoms with E-state index in [2.05, 4.69) is 10.3 Å². The average Bonchev–Trinajstić information content (AvgIpc) is 3.34. The molecule has 142 valence electrons. The minimum absolute atomic E-state index is 0.106. The van der Waals surface area contributed by atoms with Crippen molar-refractivity contribution in [1.29, 1.82) is 0 Å². The predicted octanol–water partition coefficient (Wildman–Crippen LogP) is 2.53. The summed E-state index contributed by atoms with van der Waals surface area (Å²) in [5.74, 6) is 3.29. The SMILES string of the molecule is Cc1oc2c(c1C(=O)N1CCc3nc([C@@H]4CCNC4)ncc3C1)CCCC2. The van der Waals surface area contributed by atoms with Gasteiger partial charge in [0.05, 0.1) is 11.3 Å². The molecule has 0 spiro atoms. The van der Waals surface area contributed by atoms with Crippen LogP contribution in [-0.2, 0) is 25.8 Å². The highest BCUT2D eigenvalue weighted by atomic mass is 16.3. The molecular formula is C21H26N4O2. The van der Waals surface area contributed by atoms with E-state index in [1.54, 1.807) is 0 Å². The lowest BCUT2D eigenvalue weighted by atomic mass is 9.93. The summed E-state index contributed by atoms with van der Waals surface area (Å²) in [6.45, 7) is 5.24. The van der Waals surface area contributed by atoms with Gasteiger partial charge in [-0.05, 0) is 39.2 Å². The lowest BCUT2D eigenvalue weighted by Gasteiger charge is -2.29. The molecule has 0 bridgehead atoms. The van der Waals surface area contributed by atoms with Crippen LogP contribution in [0.5, 0.6) is 0 Å². The molecule has 2 aromatic heterocycles. The van der Waals surface area contributed by atoms with Crippen LogP contribution in [0, 0.1) is 6.92 Å². The number of amides is 1. The van der Waals surface area contributed by atoms with Gasteiger partial charge in [0.25, 0.3) is 5.91 Å². The second-order valence-corrected chi connectivity index (χ2v) is 8.01. The maximum absolute atomic E-state index is 13.3. The van der Waals surface area contributed by atoms with Crippen molar-refractivity contribution >= 4 is 5.91 Å². The molecular weight excluding hydrogens is 340 g/mol. The number of carbonyl (C=O) groups excluding carboxylic acids is 1. The molecule has 6 heteroatoms. The minimum Gasteiger partial charge on any atom is -0.465 e. The zero-order chi connectivity index (χ0) is 18.4. The Balaban J connectivity index is 1.38. The monoisotopic (exact) mass is 366 g/mol. The summed E-state index contributed by atoms with van der Waals surface area (Å²) in [5, 5.41) is 3.38. The van der Waals surface area contributed by atoms with Crippen LogP contribution in [0.25, 0.3) is 0 Å². The van der Waals surface area contributed by atoms with Gasteiger partial charge in [-0.1, -0.05) is 0 Å². The van der Waals surface area contributed by atoms with Crippen LogP contribution < -0.4 is 5.32 Å². The first kappa shape index (κ1) is 16.9. The molecule has 1 fully saturated rings. The summed E-state index contributed by atoms with van der Waals surface area (Å²) in [5.41, 5.74) is 4.15. The smallest absolute Gasteiger partial charge is 0.257 e. The number of hydrogen-bond acceptors (Lipinski definition) is 5. The third-order valence-corrected chi connectivity index (χ3v) is 6.23. The molecule has 0 radical (unpaired) electrons. The van der Waals surface area contributed by atoms with Gasteiger partial charge in [0, 0.05) is 55.7 Å². The van der Waals surface area contributed by atoms with Crippen molar-refractivity contribution in [3.05, 3.63) is 45.9 Å². The Labute approximate surface area is 159 Å². The summed E-state index contributed by atoms with van der Waals surface area (Å²) in [7, 11) is 0. The Morgan fingerprint density at radius 3 is 3.04 bits per heavy atom. The van der Waals surface area contributed by atoms with Crippen LogP contribution in [0.15, 0.2) is 10.6 Å². The zero-order valence-corrected chi connectivity index (χ0v) is 15.9. The summed E-state index contributed by atoms with van der Waals surface area (Å²) in [4.78, 5) is 24.6. The zero-order valence-electron chi connectivity index (χ0n) is 15.9. The van der Waals surface area contributed by atoms with Gasteiger partial charge < -0.3 is 14.6 Å². The Morgan fingerprint density at radius 2 is 2.19 bits per heavy atom. The van der Waals surface area contributed by atoms with E-state index in [0.29, 0.717) is 19.0 Å².